The number of carbonyl (C=O) groups excluding carboxylic acids is 1. The zero-order chi connectivity index (χ0) is 16.5. The van der Waals surface area contributed by atoms with Crippen LogP contribution >= 0.6 is 0 Å². The van der Waals surface area contributed by atoms with Crippen molar-refractivity contribution in [2.45, 2.75) is 18.8 Å². The van der Waals surface area contributed by atoms with Crippen LogP contribution in [0.4, 0.5) is 5.82 Å². The third-order valence-electron chi connectivity index (χ3n) is 4.39. The largest absolute Gasteiger partial charge is 0.381 e. The maximum atomic E-state index is 12.2. The number of nitrogens with zero attached hydrogens (tertiary/aromatic N) is 3. The fourth-order valence-electron chi connectivity index (χ4n) is 3.07. The molecule has 1 saturated heterocycles. The van der Waals surface area contributed by atoms with Gasteiger partial charge in [0.1, 0.15) is 5.82 Å². The van der Waals surface area contributed by atoms with Gasteiger partial charge in [-0.2, -0.15) is 5.10 Å². The maximum absolute atomic E-state index is 12.2. The lowest BCUT2D eigenvalue weighted by Crippen LogP contribution is -2.14. The second-order valence-corrected chi connectivity index (χ2v) is 6.12. The molecule has 0 spiro atoms. The predicted molar refractivity (Wildman–Crippen MR) is 90.0 cm³/mol. The van der Waals surface area contributed by atoms with Gasteiger partial charge in [-0.3, -0.25) is 9.48 Å². The van der Waals surface area contributed by atoms with Gasteiger partial charge in [-0.25, -0.2) is 4.98 Å². The van der Waals surface area contributed by atoms with Crippen molar-refractivity contribution in [3.05, 3.63) is 42.0 Å². The number of hydrogen-bond acceptors (Lipinski definition) is 4. The van der Waals surface area contributed by atoms with Crippen LogP contribution in [-0.2, 0) is 11.8 Å². The van der Waals surface area contributed by atoms with Crippen LogP contribution in [0.5, 0.6) is 0 Å². The lowest BCUT2D eigenvalue weighted by Gasteiger charge is -2.20. The molecule has 0 saturated carbocycles. The Morgan fingerprint density at radius 3 is 2.92 bits per heavy atom. The summed E-state index contributed by atoms with van der Waals surface area (Å²) in [6.45, 7) is 1.62. The molecule has 0 radical (unpaired) electrons. The van der Waals surface area contributed by atoms with Gasteiger partial charge in [0.05, 0.1) is 17.3 Å². The highest BCUT2D eigenvalue weighted by Gasteiger charge is 2.18. The van der Waals surface area contributed by atoms with Crippen LogP contribution in [0.2, 0.25) is 0 Å². The number of aryl methyl sites for hydroxylation is 1. The molecule has 124 valence electrons. The Balaban J connectivity index is 1.55. The highest BCUT2D eigenvalue weighted by Crippen LogP contribution is 2.29. The van der Waals surface area contributed by atoms with Crippen molar-refractivity contribution in [2.24, 2.45) is 7.05 Å². The van der Waals surface area contributed by atoms with E-state index in [-0.39, 0.29) is 5.91 Å². The Labute approximate surface area is 139 Å². The Morgan fingerprint density at radius 2 is 2.17 bits per heavy atom. The van der Waals surface area contributed by atoms with Crippen molar-refractivity contribution in [1.82, 2.24) is 19.7 Å². The van der Waals surface area contributed by atoms with E-state index in [1.807, 2.05) is 6.07 Å². The van der Waals surface area contributed by atoms with E-state index in [2.05, 4.69) is 26.4 Å². The van der Waals surface area contributed by atoms with E-state index in [0.29, 0.717) is 17.3 Å². The molecule has 3 aromatic heterocycles. The summed E-state index contributed by atoms with van der Waals surface area (Å²) in [7, 11) is 1.78. The summed E-state index contributed by atoms with van der Waals surface area (Å²) in [5, 5.41) is 7.86. The third kappa shape index (κ3) is 2.90. The van der Waals surface area contributed by atoms with Crippen LogP contribution in [0.3, 0.4) is 0 Å². The lowest BCUT2D eigenvalue weighted by atomic mass is 9.97. The third-order valence-corrected chi connectivity index (χ3v) is 4.39. The average molecular weight is 325 g/mol. The standard InChI is InChI=1S/C17H19N5O2/c1-22-10-13(9-19-22)17(23)21-16-7-15-12(8-18-16)6-14(20-15)11-2-4-24-5-3-11/h6-11,20H,2-5H2,1H3,(H,18,21,23). The summed E-state index contributed by atoms with van der Waals surface area (Å²) in [5.41, 5.74) is 2.70. The number of ether oxygens (including phenoxy) is 1. The van der Waals surface area contributed by atoms with Crippen LogP contribution in [0.15, 0.2) is 30.7 Å². The minimum atomic E-state index is -0.217. The summed E-state index contributed by atoms with van der Waals surface area (Å²) < 4.78 is 7.02. The molecule has 7 nitrogen and oxygen atoms in total. The number of hydrogen-bond donors (Lipinski definition) is 2. The topological polar surface area (TPSA) is 84.8 Å². The number of H-pyrrole nitrogens is 1. The first-order valence-corrected chi connectivity index (χ1v) is 8.05. The summed E-state index contributed by atoms with van der Waals surface area (Å²) >= 11 is 0. The number of aromatic amines is 1. The monoisotopic (exact) mass is 325 g/mol. The average Bonchev–Trinajstić information content (AvgIpc) is 3.21. The molecular formula is C17H19N5O2. The van der Waals surface area contributed by atoms with Gasteiger partial charge in [-0.05, 0) is 18.9 Å². The fraction of sp³-hybridized carbons (Fsp3) is 0.353. The zero-order valence-corrected chi connectivity index (χ0v) is 13.5. The van der Waals surface area contributed by atoms with Crippen LogP contribution < -0.4 is 5.32 Å². The molecule has 1 aliphatic rings. The molecule has 0 bridgehead atoms. The Bertz CT molecular complexity index is 876. The molecule has 0 aromatic carbocycles. The summed E-state index contributed by atoms with van der Waals surface area (Å²) in [4.78, 5) is 20.0. The maximum Gasteiger partial charge on any atom is 0.260 e. The number of amides is 1. The van der Waals surface area contributed by atoms with Gasteiger partial charge in [0.2, 0.25) is 0 Å². The molecule has 1 fully saturated rings. The number of pyridine rings is 1. The quantitative estimate of drug-likeness (QED) is 0.774. The molecule has 4 heterocycles. The van der Waals surface area contributed by atoms with Gasteiger partial charge in [0.25, 0.3) is 5.91 Å². The first kappa shape index (κ1) is 14.9. The zero-order valence-electron chi connectivity index (χ0n) is 13.5. The number of rotatable bonds is 3. The molecule has 1 aliphatic heterocycles. The first-order chi connectivity index (χ1) is 11.7. The molecule has 3 aromatic rings. The Morgan fingerprint density at radius 1 is 1.33 bits per heavy atom. The van der Waals surface area contributed by atoms with Crippen molar-refractivity contribution in [2.75, 3.05) is 18.5 Å². The van der Waals surface area contributed by atoms with E-state index in [4.69, 9.17) is 4.74 Å². The fourth-order valence-corrected chi connectivity index (χ4v) is 3.07. The second-order valence-electron chi connectivity index (χ2n) is 6.12. The van der Waals surface area contributed by atoms with Crippen molar-refractivity contribution in [3.8, 4) is 0 Å². The van der Waals surface area contributed by atoms with Crippen molar-refractivity contribution < 1.29 is 9.53 Å². The normalized spacial score (nSPS) is 15.7. The van der Waals surface area contributed by atoms with Crippen molar-refractivity contribution >= 4 is 22.6 Å². The van der Waals surface area contributed by atoms with Crippen molar-refractivity contribution in [1.29, 1.82) is 0 Å². The number of fused-ring (bicyclic) bond motifs is 1. The predicted octanol–water partition coefficient (Wildman–Crippen LogP) is 2.44. The number of carbonyl (C=O) groups is 1. The van der Waals surface area contributed by atoms with Crippen LogP contribution in [0.25, 0.3) is 10.9 Å². The number of aromatic nitrogens is 4. The molecule has 7 heteroatoms. The van der Waals surface area contributed by atoms with E-state index in [9.17, 15) is 4.79 Å². The molecule has 2 N–H and O–H groups in total. The smallest absolute Gasteiger partial charge is 0.260 e. The Kier molecular flexibility index (Phi) is 3.78. The van der Waals surface area contributed by atoms with E-state index < -0.39 is 0 Å². The van der Waals surface area contributed by atoms with Gasteiger partial charge < -0.3 is 15.0 Å². The molecule has 0 unspecified atom stereocenters. The highest BCUT2D eigenvalue weighted by atomic mass is 16.5. The van der Waals surface area contributed by atoms with Crippen LogP contribution in [0, 0.1) is 0 Å². The van der Waals surface area contributed by atoms with Gasteiger partial charge in [-0.1, -0.05) is 0 Å². The first-order valence-electron chi connectivity index (χ1n) is 8.05. The SMILES string of the molecule is Cn1cc(C(=O)Nc2cc3[nH]c(C4CCOCC4)cc3cn2)cn1. The second kappa shape index (κ2) is 6.09. The van der Waals surface area contributed by atoms with Gasteiger partial charge in [0, 0.05) is 55.7 Å². The van der Waals surface area contributed by atoms with Crippen LogP contribution in [-0.4, -0.2) is 38.9 Å². The van der Waals surface area contributed by atoms with E-state index in [1.54, 1.807) is 24.1 Å². The van der Waals surface area contributed by atoms with E-state index in [0.717, 1.165) is 37.0 Å². The van der Waals surface area contributed by atoms with Crippen molar-refractivity contribution in [3.63, 3.8) is 0 Å². The molecular weight excluding hydrogens is 306 g/mol. The minimum Gasteiger partial charge on any atom is -0.381 e. The highest BCUT2D eigenvalue weighted by molar-refractivity contribution is 6.04. The molecule has 0 atom stereocenters. The minimum absolute atomic E-state index is 0.217. The van der Waals surface area contributed by atoms with E-state index >= 15 is 0 Å². The van der Waals surface area contributed by atoms with E-state index in [1.165, 1.54) is 11.9 Å². The van der Waals surface area contributed by atoms with Gasteiger partial charge >= 0.3 is 0 Å². The number of nitrogens with one attached hydrogen (secondary N) is 2. The summed E-state index contributed by atoms with van der Waals surface area (Å²) in [6.07, 6.45) is 7.06. The molecule has 1 amide bonds. The molecule has 0 aliphatic carbocycles. The van der Waals surface area contributed by atoms with Gasteiger partial charge in [0.15, 0.2) is 0 Å². The van der Waals surface area contributed by atoms with Gasteiger partial charge in [-0.15, -0.1) is 0 Å². The molecule has 4 rings (SSSR count). The number of anilines is 1. The molecule has 24 heavy (non-hydrogen) atoms. The summed E-state index contributed by atoms with van der Waals surface area (Å²) in [6, 6.07) is 4.01. The van der Waals surface area contributed by atoms with Crippen LogP contribution in [0.1, 0.15) is 34.8 Å². The Hall–Kier alpha value is -2.67. The lowest BCUT2D eigenvalue weighted by molar-refractivity contribution is 0.0846. The summed E-state index contributed by atoms with van der Waals surface area (Å²) in [5.74, 6) is 0.808.